The quantitative estimate of drug-likeness (QED) is 0.524. The number of hydrogen-bond donors (Lipinski definition) is 3. The highest BCUT2D eigenvalue weighted by atomic mass is 32.1. The van der Waals surface area contributed by atoms with Gasteiger partial charge in [0.05, 0.1) is 12.0 Å². The average Bonchev–Trinajstić information content (AvgIpc) is 3.00. The number of anilines is 1. The normalized spacial score (nSPS) is 18.0. The second-order valence-corrected chi connectivity index (χ2v) is 8.03. The zero-order valence-corrected chi connectivity index (χ0v) is 16.4. The van der Waals surface area contributed by atoms with Crippen LogP contribution in [0.25, 0.3) is 0 Å². The molecule has 1 aliphatic heterocycles. The van der Waals surface area contributed by atoms with Crippen LogP contribution in [0.4, 0.5) is 18.3 Å². The van der Waals surface area contributed by atoms with Crippen LogP contribution >= 0.6 is 11.3 Å². The molecule has 12 heteroatoms. The number of nitrogens with one attached hydrogen (secondary N) is 1. The van der Waals surface area contributed by atoms with Gasteiger partial charge in [-0.1, -0.05) is 13.8 Å². The van der Waals surface area contributed by atoms with Crippen LogP contribution in [0.1, 0.15) is 45.2 Å². The Hall–Kier alpha value is -1.66. The highest BCUT2D eigenvalue weighted by molar-refractivity contribution is 7.13. The summed E-state index contributed by atoms with van der Waals surface area (Å²) in [6.45, 7) is 4.18. The number of ketones is 1. The standard InChI is InChI=1S/C16H23BF3N3O4S/c1-9(2)7-13(17(26)27)22-14(25)4-3-11(24)10-5-6-23(10)15-21-12(8-28-15)16(18,19)20/h8-10,13,26-27H,3-7H2,1-2H3,(H,22,25). The van der Waals surface area contributed by atoms with E-state index in [0.717, 1.165) is 16.7 Å². The Morgan fingerprint density at radius 2 is 2.07 bits per heavy atom. The molecule has 2 rings (SSSR count). The lowest BCUT2D eigenvalue weighted by Crippen LogP contribution is -2.53. The fraction of sp³-hybridized carbons (Fsp3) is 0.688. The highest BCUT2D eigenvalue weighted by Crippen LogP contribution is 2.36. The minimum absolute atomic E-state index is 0.0829. The number of aromatic nitrogens is 1. The number of rotatable bonds is 9. The third kappa shape index (κ3) is 5.92. The summed E-state index contributed by atoms with van der Waals surface area (Å²) in [5.74, 6) is -1.42. The zero-order valence-electron chi connectivity index (χ0n) is 15.6. The van der Waals surface area contributed by atoms with Crippen molar-refractivity contribution in [3.05, 3.63) is 11.1 Å². The summed E-state index contributed by atoms with van der Waals surface area (Å²) in [4.78, 5) is 29.4. The monoisotopic (exact) mass is 421 g/mol. The molecule has 1 amide bonds. The summed E-state index contributed by atoms with van der Waals surface area (Å²) in [5, 5.41) is 22.2. The van der Waals surface area contributed by atoms with Crippen molar-refractivity contribution in [3.8, 4) is 0 Å². The Balaban J connectivity index is 1.86. The Morgan fingerprint density at radius 3 is 2.54 bits per heavy atom. The van der Waals surface area contributed by atoms with Crippen LogP contribution in [0, 0.1) is 5.92 Å². The van der Waals surface area contributed by atoms with E-state index in [0.29, 0.717) is 19.4 Å². The minimum Gasteiger partial charge on any atom is -0.426 e. The molecule has 7 nitrogen and oxygen atoms in total. The number of carbonyl (C=O) groups is 2. The van der Waals surface area contributed by atoms with E-state index in [4.69, 9.17) is 0 Å². The van der Waals surface area contributed by atoms with Gasteiger partial charge in [0.15, 0.2) is 16.6 Å². The van der Waals surface area contributed by atoms with Gasteiger partial charge < -0.3 is 20.3 Å². The zero-order chi connectivity index (χ0) is 21.1. The van der Waals surface area contributed by atoms with Gasteiger partial charge in [0, 0.05) is 24.8 Å². The molecular weight excluding hydrogens is 398 g/mol. The largest absolute Gasteiger partial charge is 0.475 e. The van der Waals surface area contributed by atoms with Crippen LogP contribution in [-0.2, 0) is 15.8 Å². The van der Waals surface area contributed by atoms with Gasteiger partial charge in [0.2, 0.25) is 5.91 Å². The summed E-state index contributed by atoms with van der Waals surface area (Å²) < 4.78 is 38.0. The molecule has 2 heterocycles. The second kappa shape index (κ2) is 9.23. The maximum Gasteiger partial charge on any atom is 0.475 e. The molecule has 0 spiro atoms. The average molecular weight is 421 g/mol. The number of thiazole rings is 1. The van der Waals surface area contributed by atoms with Crippen LogP contribution in [-0.4, -0.2) is 52.4 Å². The molecule has 28 heavy (non-hydrogen) atoms. The Labute approximate surface area is 165 Å². The molecule has 3 N–H and O–H groups in total. The molecule has 1 aromatic heterocycles. The number of carbonyl (C=O) groups excluding carboxylic acids is 2. The van der Waals surface area contributed by atoms with E-state index < -0.39 is 36.9 Å². The minimum atomic E-state index is -4.53. The van der Waals surface area contributed by atoms with E-state index in [1.807, 2.05) is 13.8 Å². The third-order valence-corrected chi connectivity index (χ3v) is 5.33. The number of nitrogens with zero attached hydrogens (tertiary/aromatic N) is 2. The van der Waals surface area contributed by atoms with Gasteiger partial charge >= 0.3 is 13.3 Å². The van der Waals surface area contributed by atoms with Gasteiger partial charge in [-0.3, -0.25) is 9.59 Å². The Bertz CT molecular complexity index is 699. The molecule has 2 unspecified atom stereocenters. The first kappa shape index (κ1) is 22.6. The summed E-state index contributed by atoms with van der Waals surface area (Å²) >= 11 is 0.831. The van der Waals surface area contributed by atoms with Gasteiger partial charge in [-0.2, -0.15) is 13.2 Å². The second-order valence-electron chi connectivity index (χ2n) is 7.19. The number of halogens is 3. The molecule has 0 bridgehead atoms. The van der Waals surface area contributed by atoms with Crippen LogP contribution < -0.4 is 10.2 Å². The lowest BCUT2D eigenvalue weighted by Gasteiger charge is -2.39. The van der Waals surface area contributed by atoms with Gasteiger partial charge in [0.25, 0.3) is 0 Å². The highest BCUT2D eigenvalue weighted by Gasteiger charge is 2.39. The van der Waals surface area contributed by atoms with Crippen molar-refractivity contribution < 1.29 is 32.8 Å². The fourth-order valence-corrected chi connectivity index (χ4v) is 3.83. The first-order chi connectivity index (χ1) is 13.0. The SMILES string of the molecule is CC(C)CC(NC(=O)CCC(=O)C1CCN1c1nc(C(F)(F)F)cs1)B(O)O. The van der Waals surface area contributed by atoms with E-state index in [-0.39, 0.29) is 29.7 Å². The van der Waals surface area contributed by atoms with E-state index >= 15 is 0 Å². The maximum absolute atomic E-state index is 12.7. The van der Waals surface area contributed by atoms with Crippen molar-refractivity contribution in [2.24, 2.45) is 5.92 Å². The maximum atomic E-state index is 12.7. The molecule has 0 radical (unpaired) electrons. The van der Waals surface area contributed by atoms with Crippen molar-refractivity contribution >= 4 is 35.3 Å². The lowest BCUT2D eigenvalue weighted by atomic mass is 9.75. The molecule has 0 aromatic carbocycles. The third-order valence-electron chi connectivity index (χ3n) is 4.45. The Morgan fingerprint density at radius 1 is 1.39 bits per heavy atom. The van der Waals surface area contributed by atoms with Crippen LogP contribution in [0.5, 0.6) is 0 Å². The summed E-state index contributed by atoms with van der Waals surface area (Å²) in [7, 11) is -1.70. The molecule has 1 aliphatic rings. The smallest absolute Gasteiger partial charge is 0.426 e. The predicted molar refractivity (Wildman–Crippen MR) is 98.7 cm³/mol. The molecule has 0 saturated carbocycles. The van der Waals surface area contributed by atoms with E-state index in [1.165, 1.54) is 4.90 Å². The van der Waals surface area contributed by atoms with E-state index in [2.05, 4.69) is 10.3 Å². The first-order valence-electron chi connectivity index (χ1n) is 8.96. The van der Waals surface area contributed by atoms with Crippen LogP contribution in [0.2, 0.25) is 0 Å². The van der Waals surface area contributed by atoms with Gasteiger partial charge in [-0.05, 0) is 18.8 Å². The van der Waals surface area contributed by atoms with Crippen molar-refractivity contribution in [1.29, 1.82) is 0 Å². The van der Waals surface area contributed by atoms with Crippen molar-refractivity contribution in [2.45, 2.75) is 57.7 Å². The number of alkyl halides is 3. The van der Waals surface area contributed by atoms with Crippen LogP contribution in [0.15, 0.2) is 5.38 Å². The topological polar surface area (TPSA) is 103 Å². The molecule has 1 aromatic rings. The van der Waals surface area contributed by atoms with Crippen molar-refractivity contribution in [1.82, 2.24) is 10.3 Å². The van der Waals surface area contributed by atoms with Crippen LogP contribution in [0.3, 0.4) is 0 Å². The summed E-state index contributed by atoms with van der Waals surface area (Å²) in [6.07, 6.45) is -3.87. The molecule has 2 atom stereocenters. The number of hydrogen-bond acceptors (Lipinski definition) is 7. The van der Waals surface area contributed by atoms with Gasteiger partial charge in [-0.15, -0.1) is 11.3 Å². The molecule has 1 fully saturated rings. The molecular formula is C16H23BF3N3O4S. The van der Waals surface area contributed by atoms with E-state index in [1.54, 1.807) is 0 Å². The predicted octanol–water partition coefficient (Wildman–Crippen LogP) is 1.63. The molecule has 1 saturated heterocycles. The Kier molecular flexibility index (Phi) is 7.46. The number of amides is 1. The van der Waals surface area contributed by atoms with Gasteiger partial charge in [0.1, 0.15) is 0 Å². The lowest BCUT2D eigenvalue weighted by molar-refractivity contribution is -0.140. The summed E-state index contributed by atoms with van der Waals surface area (Å²) in [6, 6.07) is -0.588. The molecule has 156 valence electrons. The fourth-order valence-electron chi connectivity index (χ4n) is 2.92. The first-order valence-corrected chi connectivity index (χ1v) is 9.84. The van der Waals surface area contributed by atoms with E-state index in [9.17, 15) is 32.8 Å². The summed E-state index contributed by atoms with van der Waals surface area (Å²) in [5.41, 5.74) is -0.983. The van der Waals surface area contributed by atoms with Gasteiger partial charge in [-0.25, -0.2) is 4.98 Å². The van der Waals surface area contributed by atoms with Crippen molar-refractivity contribution in [2.75, 3.05) is 11.4 Å². The number of Topliss-reactive ketones (excluding diaryl/α,β-unsaturated/α-hetero) is 1. The molecule has 0 aliphatic carbocycles. The van der Waals surface area contributed by atoms with Crippen molar-refractivity contribution in [3.63, 3.8) is 0 Å².